The molecule has 110 valence electrons. The standard InChI is InChI=1S/C13H23NO5/c1-12(2,3)19-11(16)14-5-4-13(8-14)9-17-7-10(6-15)18-13/h10,15H,4-9H2,1-3H3. The fraction of sp³-hybridized carbons (Fsp3) is 0.923. The Labute approximate surface area is 113 Å². The molecule has 0 aromatic heterocycles. The van der Waals surface area contributed by atoms with Crippen molar-refractivity contribution in [3.05, 3.63) is 0 Å². The Morgan fingerprint density at radius 1 is 1.53 bits per heavy atom. The van der Waals surface area contributed by atoms with Crippen LogP contribution in [0.15, 0.2) is 0 Å². The first-order valence-corrected chi connectivity index (χ1v) is 6.68. The molecular weight excluding hydrogens is 250 g/mol. The second-order valence-electron chi connectivity index (χ2n) is 6.27. The molecule has 0 aliphatic carbocycles. The van der Waals surface area contributed by atoms with Gasteiger partial charge in [-0.25, -0.2) is 4.79 Å². The van der Waals surface area contributed by atoms with Crippen LogP contribution in [0.2, 0.25) is 0 Å². The molecule has 0 aromatic carbocycles. The van der Waals surface area contributed by atoms with Gasteiger partial charge in [-0.2, -0.15) is 0 Å². The summed E-state index contributed by atoms with van der Waals surface area (Å²) in [7, 11) is 0. The molecule has 2 unspecified atom stereocenters. The third kappa shape index (κ3) is 3.58. The minimum atomic E-state index is -0.496. The predicted molar refractivity (Wildman–Crippen MR) is 67.9 cm³/mol. The summed E-state index contributed by atoms with van der Waals surface area (Å²) in [5.74, 6) is 0. The van der Waals surface area contributed by atoms with Gasteiger partial charge in [-0.05, 0) is 27.2 Å². The third-order valence-corrected chi connectivity index (χ3v) is 3.26. The highest BCUT2D eigenvalue weighted by Gasteiger charge is 2.46. The summed E-state index contributed by atoms with van der Waals surface area (Å²) < 4.78 is 16.7. The van der Waals surface area contributed by atoms with Crippen LogP contribution in [0.4, 0.5) is 4.79 Å². The van der Waals surface area contributed by atoms with Crippen molar-refractivity contribution in [2.45, 2.75) is 44.5 Å². The predicted octanol–water partition coefficient (Wildman–Crippen LogP) is 0.774. The van der Waals surface area contributed by atoms with Gasteiger partial charge in [0.2, 0.25) is 0 Å². The van der Waals surface area contributed by atoms with Crippen LogP contribution in [0.25, 0.3) is 0 Å². The van der Waals surface area contributed by atoms with Crippen molar-refractivity contribution in [3.63, 3.8) is 0 Å². The molecule has 1 amide bonds. The van der Waals surface area contributed by atoms with Crippen LogP contribution >= 0.6 is 0 Å². The van der Waals surface area contributed by atoms with Crippen LogP contribution in [-0.4, -0.2) is 66.3 Å². The Balaban J connectivity index is 1.93. The fourth-order valence-corrected chi connectivity index (χ4v) is 2.43. The number of ether oxygens (including phenoxy) is 3. The average Bonchev–Trinajstić information content (AvgIpc) is 2.71. The first-order valence-electron chi connectivity index (χ1n) is 6.68. The highest BCUT2D eigenvalue weighted by Crippen LogP contribution is 2.31. The van der Waals surface area contributed by atoms with Gasteiger partial charge in [0.05, 0.1) is 26.4 Å². The smallest absolute Gasteiger partial charge is 0.410 e. The average molecular weight is 273 g/mol. The maximum absolute atomic E-state index is 12.0. The summed E-state index contributed by atoms with van der Waals surface area (Å²) in [6.07, 6.45) is 0.0920. The van der Waals surface area contributed by atoms with Crippen molar-refractivity contribution < 1.29 is 24.1 Å². The number of hydrogen-bond donors (Lipinski definition) is 1. The monoisotopic (exact) mass is 273 g/mol. The molecule has 0 radical (unpaired) electrons. The zero-order valence-corrected chi connectivity index (χ0v) is 11.8. The first kappa shape index (κ1) is 14.6. The quantitative estimate of drug-likeness (QED) is 0.764. The van der Waals surface area contributed by atoms with E-state index >= 15 is 0 Å². The molecule has 2 heterocycles. The normalized spacial score (nSPS) is 31.8. The Morgan fingerprint density at radius 2 is 2.26 bits per heavy atom. The van der Waals surface area contributed by atoms with Gasteiger partial charge in [0.25, 0.3) is 0 Å². The number of rotatable bonds is 1. The number of likely N-dealkylation sites (tertiary alicyclic amines) is 1. The number of nitrogens with zero attached hydrogens (tertiary/aromatic N) is 1. The van der Waals surface area contributed by atoms with Crippen molar-refractivity contribution in [2.75, 3.05) is 32.9 Å². The van der Waals surface area contributed by atoms with E-state index in [1.54, 1.807) is 4.90 Å². The Hall–Kier alpha value is -0.850. The third-order valence-electron chi connectivity index (χ3n) is 3.26. The molecular formula is C13H23NO5. The summed E-state index contributed by atoms with van der Waals surface area (Å²) in [6, 6.07) is 0. The van der Waals surface area contributed by atoms with E-state index in [1.165, 1.54) is 0 Å². The Bertz CT molecular complexity index is 340. The number of aliphatic hydroxyl groups is 1. The van der Waals surface area contributed by atoms with E-state index in [-0.39, 0.29) is 18.8 Å². The molecule has 0 saturated carbocycles. The highest BCUT2D eigenvalue weighted by atomic mass is 16.6. The second-order valence-corrected chi connectivity index (χ2v) is 6.27. The largest absolute Gasteiger partial charge is 0.444 e. The summed E-state index contributed by atoms with van der Waals surface area (Å²) >= 11 is 0. The summed E-state index contributed by atoms with van der Waals surface area (Å²) in [5.41, 5.74) is -0.979. The lowest BCUT2D eigenvalue weighted by molar-refractivity contribution is -0.200. The van der Waals surface area contributed by atoms with Crippen molar-refractivity contribution in [3.8, 4) is 0 Å². The first-order chi connectivity index (χ1) is 8.84. The van der Waals surface area contributed by atoms with Gasteiger partial charge in [-0.3, -0.25) is 0 Å². The molecule has 1 spiro atoms. The molecule has 6 nitrogen and oxygen atoms in total. The Morgan fingerprint density at radius 3 is 2.89 bits per heavy atom. The van der Waals surface area contributed by atoms with Crippen LogP contribution < -0.4 is 0 Å². The van der Waals surface area contributed by atoms with Crippen molar-refractivity contribution in [2.24, 2.45) is 0 Å². The SMILES string of the molecule is CC(C)(C)OC(=O)N1CCC2(COCC(CO)O2)C1. The van der Waals surface area contributed by atoms with Crippen LogP contribution in [0, 0.1) is 0 Å². The van der Waals surface area contributed by atoms with E-state index in [2.05, 4.69) is 0 Å². The van der Waals surface area contributed by atoms with E-state index in [9.17, 15) is 4.79 Å². The van der Waals surface area contributed by atoms with Crippen LogP contribution in [0.3, 0.4) is 0 Å². The lowest BCUT2D eigenvalue weighted by Gasteiger charge is -2.37. The lowest BCUT2D eigenvalue weighted by Crippen LogP contribution is -2.51. The van der Waals surface area contributed by atoms with Crippen molar-refractivity contribution in [1.82, 2.24) is 4.90 Å². The van der Waals surface area contributed by atoms with Gasteiger partial charge in [-0.15, -0.1) is 0 Å². The van der Waals surface area contributed by atoms with Gasteiger partial charge in [0.1, 0.15) is 17.3 Å². The van der Waals surface area contributed by atoms with E-state index in [1.807, 2.05) is 20.8 Å². The second kappa shape index (κ2) is 5.26. The molecule has 0 aromatic rings. The van der Waals surface area contributed by atoms with Crippen molar-refractivity contribution >= 4 is 6.09 Å². The highest BCUT2D eigenvalue weighted by molar-refractivity contribution is 5.68. The summed E-state index contributed by atoms with van der Waals surface area (Å²) in [4.78, 5) is 13.6. The fourth-order valence-electron chi connectivity index (χ4n) is 2.43. The molecule has 19 heavy (non-hydrogen) atoms. The van der Waals surface area contributed by atoms with E-state index in [0.29, 0.717) is 32.7 Å². The van der Waals surface area contributed by atoms with Gasteiger partial charge < -0.3 is 24.2 Å². The zero-order valence-electron chi connectivity index (χ0n) is 11.8. The molecule has 2 saturated heterocycles. The van der Waals surface area contributed by atoms with Crippen LogP contribution in [0.1, 0.15) is 27.2 Å². The number of carbonyl (C=O) groups excluding carboxylic acids is 1. The number of carbonyl (C=O) groups is 1. The summed E-state index contributed by atoms with van der Waals surface area (Å²) in [6.45, 7) is 7.40. The molecule has 2 atom stereocenters. The van der Waals surface area contributed by atoms with Gasteiger partial charge >= 0.3 is 6.09 Å². The minimum absolute atomic E-state index is 0.0613. The lowest BCUT2D eigenvalue weighted by atomic mass is 10.0. The maximum Gasteiger partial charge on any atom is 0.410 e. The molecule has 0 bridgehead atoms. The molecule has 2 fully saturated rings. The zero-order chi connectivity index (χ0) is 14.1. The van der Waals surface area contributed by atoms with Crippen LogP contribution in [-0.2, 0) is 14.2 Å². The molecule has 2 aliphatic heterocycles. The van der Waals surface area contributed by atoms with Gasteiger partial charge in [0, 0.05) is 6.54 Å². The minimum Gasteiger partial charge on any atom is -0.444 e. The summed E-state index contributed by atoms with van der Waals surface area (Å²) in [5, 5.41) is 9.15. The maximum atomic E-state index is 12.0. The van der Waals surface area contributed by atoms with E-state index < -0.39 is 11.2 Å². The van der Waals surface area contributed by atoms with Crippen molar-refractivity contribution in [1.29, 1.82) is 0 Å². The van der Waals surface area contributed by atoms with E-state index in [0.717, 1.165) is 0 Å². The topological polar surface area (TPSA) is 68.2 Å². The van der Waals surface area contributed by atoms with Gasteiger partial charge in [-0.1, -0.05) is 0 Å². The number of amides is 1. The molecule has 2 rings (SSSR count). The van der Waals surface area contributed by atoms with Crippen LogP contribution in [0.5, 0.6) is 0 Å². The molecule has 6 heteroatoms. The molecule has 1 N–H and O–H groups in total. The number of hydrogen-bond acceptors (Lipinski definition) is 5. The van der Waals surface area contributed by atoms with E-state index in [4.69, 9.17) is 19.3 Å². The Kier molecular flexibility index (Phi) is 4.03. The molecule has 2 aliphatic rings. The number of aliphatic hydroxyl groups excluding tert-OH is 1. The van der Waals surface area contributed by atoms with Gasteiger partial charge in [0.15, 0.2) is 0 Å².